The van der Waals surface area contributed by atoms with Crippen molar-refractivity contribution in [3.63, 3.8) is 0 Å². The van der Waals surface area contributed by atoms with Crippen LogP contribution < -0.4 is 5.73 Å². The molecule has 0 aliphatic heterocycles. The maximum atomic E-state index is 12.6. The van der Waals surface area contributed by atoms with Gasteiger partial charge in [-0.15, -0.1) is 0 Å². The van der Waals surface area contributed by atoms with Gasteiger partial charge in [0.2, 0.25) is 5.91 Å². The maximum absolute atomic E-state index is 12.6. The Labute approximate surface area is 115 Å². The molecule has 0 aromatic carbocycles. The molecule has 0 aromatic rings. The number of rotatable bonds is 7. The molecular formula is C13H24N2O2S. The van der Waals surface area contributed by atoms with E-state index in [0.717, 1.165) is 25.7 Å². The zero-order chi connectivity index (χ0) is 13.8. The average Bonchev–Trinajstić information content (AvgIpc) is 2.28. The zero-order valence-electron chi connectivity index (χ0n) is 11.3. The molecule has 1 aliphatic rings. The van der Waals surface area contributed by atoms with Crippen molar-refractivity contribution in [1.82, 2.24) is 4.90 Å². The van der Waals surface area contributed by atoms with Gasteiger partial charge in [-0.3, -0.25) is 4.79 Å². The van der Waals surface area contributed by atoms with Crippen LogP contribution in [0.5, 0.6) is 0 Å². The fourth-order valence-corrected chi connectivity index (χ4v) is 2.95. The summed E-state index contributed by atoms with van der Waals surface area (Å²) < 4.78 is 0. The second kappa shape index (κ2) is 6.48. The van der Waals surface area contributed by atoms with Gasteiger partial charge >= 0.3 is 0 Å². The average molecular weight is 272 g/mol. The van der Waals surface area contributed by atoms with Crippen molar-refractivity contribution in [3.05, 3.63) is 0 Å². The zero-order valence-corrected chi connectivity index (χ0v) is 12.1. The van der Waals surface area contributed by atoms with Crippen molar-refractivity contribution < 1.29 is 9.90 Å². The van der Waals surface area contributed by atoms with Crippen LogP contribution in [-0.4, -0.2) is 40.6 Å². The Morgan fingerprint density at radius 1 is 1.50 bits per heavy atom. The molecular weight excluding hydrogens is 248 g/mol. The predicted octanol–water partition coefficient (Wildman–Crippen LogP) is 1.31. The fourth-order valence-electron chi connectivity index (χ4n) is 2.70. The van der Waals surface area contributed by atoms with Gasteiger partial charge in [-0.1, -0.05) is 32.5 Å². The van der Waals surface area contributed by atoms with Crippen molar-refractivity contribution in [1.29, 1.82) is 0 Å². The molecule has 3 N–H and O–H groups in total. The smallest absolute Gasteiger partial charge is 0.235 e. The number of carbonyl (C=O) groups excluding carboxylic acids is 1. The number of carbonyl (C=O) groups is 1. The number of aliphatic hydroxyl groups excluding tert-OH is 1. The van der Waals surface area contributed by atoms with Crippen LogP contribution in [0.25, 0.3) is 0 Å². The van der Waals surface area contributed by atoms with Gasteiger partial charge in [0.1, 0.15) is 0 Å². The Morgan fingerprint density at radius 3 is 2.50 bits per heavy atom. The molecule has 0 unspecified atom stereocenters. The summed E-state index contributed by atoms with van der Waals surface area (Å²) in [6, 6.07) is 0. The molecule has 0 atom stereocenters. The Kier molecular flexibility index (Phi) is 5.53. The second-order valence-electron chi connectivity index (χ2n) is 5.33. The third-order valence-electron chi connectivity index (χ3n) is 3.71. The van der Waals surface area contributed by atoms with Crippen LogP contribution in [-0.2, 0) is 4.79 Å². The monoisotopic (exact) mass is 272 g/mol. The van der Waals surface area contributed by atoms with E-state index < -0.39 is 5.41 Å². The molecule has 1 fully saturated rings. The molecule has 104 valence electrons. The minimum absolute atomic E-state index is 0.00981. The molecule has 0 aromatic heterocycles. The van der Waals surface area contributed by atoms with Gasteiger partial charge in [-0.25, -0.2) is 0 Å². The van der Waals surface area contributed by atoms with E-state index in [1.54, 1.807) is 4.90 Å². The first-order valence-corrected chi connectivity index (χ1v) is 7.09. The van der Waals surface area contributed by atoms with Crippen LogP contribution in [0.2, 0.25) is 0 Å². The van der Waals surface area contributed by atoms with Crippen molar-refractivity contribution in [2.24, 2.45) is 17.1 Å². The van der Waals surface area contributed by atoms with E-state index in [1.807, 2.05) is 0 Å². The van der Waals surface area contributed by atoms with Crippen LogP contribution >= 0.6 is 12.2 Å². The van der Waals surface area contributed by atoms with Gasteiger partial charge in [0, 0.05) is 13.1 Å². The second-order valence-corrected chi connectivity index (χ2v) is 5.77. The highest BCUT2D eigenvalue weighted by Gasteiger charge is 2.52. The first-order chi connectivity index (χ1) is 8.47. The predicted molar refractivity (Wildman–Crippen MR) is 76.2 cm³/mol. The number of hydrogen-bond donors (Lipinski definition) is 2. The summed E-state index contributed by atoms with van der Waals surface area (Å²) in [7, 11) is 0. The van der Waals surface area contributed by atoms with Crippen molar-refractivity contribution in [2.45, 2.75) is 39.5 Å². The third-order valence-corrected chi connectivity index (χ3v) is 4.10. The number of aliphatic hydroxyl groups is 1. The van der Waals surface area contributed by atoms with Gasteiger partial charge in [0.25, 0.3) is 0 Å². The van der Waals surface area contributed by atoms with E-state index in [4.69, 9.17) is 23.1 Å². The molecule has 4 nitrogen and oxygen atoms in total. The van der Waals surface area contributed by atoms with E-state index in [1.165, 1.54) is 0 Å². The Bertz CT molecular complexity index is 314. The van der Waals surface area contributed by atoms with Crippen molar-refractivity contribution in [2.75, 3.05) is 19.7 Å². The molecule has 1 amide bonds. The lowest BCUT2D eigenvalue weighted by atomic mass is 9.61. The van der Waals surface area contributed by atoms with E-state index in [0.29, 0.717) is 24.0 Å². The summed E-state index contributed by atoms with van der Waals surface area (Å²) in [5.74, 6) is 0.508. The molecule has 18 heavy (non-hydrogen) atoms. The normalized spacial score (nSPS) is 26.5. The third kappa shape index (κ3) is 3.01. The highest BCUT2D eigenvalue weighted by Crippen LogP contribution is 2.47. The molecule has 0 heterocycles. The lowest BCUT2D eigenvalue weighted by Crippen LogP contribution is -2.57. The minimum Gasteiger partial charge on any atom is -0.395 e. The first kappa shape index (κ1) is 15.4. The summed E-state index contributed by atoms with van der Waals surface area (Å²) in [5.41, 5.74) is 5.14. The topological polar surface area (TPSA) is 66.6 Å². The van der Waals surface area contributed by atoms with E-state index >= 15 is 0 Å². The highest BCUT2D eigenvalue weighted by molar-refractivity contribution is 7.80. The van der Waals surface area contributed by atoms with Crippen LogP contribution in [0, 0.1) is 11.3 Å². The maximum Gasteiger partial charge on any atom is 0.235 e. The number of nitrogens with two attached hydrogens (primary N) is 1. The minimum atomic E-state index is -0.641. The number of unbranched alkanes of at least 4 members (excludes halogenated alkanes) is 1. The van der Waals surface area contributed by atoms with E-state index in [-0.39, 0.29) is 12.5 Å². The number of thiocarbonyl (C=S) groups is 1. The van der Waals surface area contributed by atoms with E-state index in [2.05, 4.69) is 13.8 Å². The molecule has 1 aliphatic carbocycles. The SMILES string of the molecule is CCCCN(CCO)C(=O)C1(C(N)=S)CC(C)C1. The molecule has 1 saturated carbocycles. The first-order valence-electron chi connectivity index (χ1n) is 6.68. The van der Waals surface area contributed by atoms with E-state index in [9.17, 15) is 4.79 Å². The molecule has 0 spiro atoms. The van der Waals surface area contributed by atoms with Gasteiger partial charge in [-0.2, -0.15) is 0 Å². The van der Waals surface area contributed by atoms with Crippen LogP contribution in [0.1, 0.15) is 39.5 Å². The Balaban J connectivity index is 2.76. The van der Waals surface area contributed by atoms with Crippen LogP contribution in [0.15, 0.2) is 0 Å². The quantitative estimate of drug-likeness (QED) is 0.686. The van der Waals surface area contributed by atoms with Gasteiger partial charge in [0.15, 0.2) is 0 Å². The Morgan fingerprint density at radius 2 is 2.11 bits per heavy atom. The van der Waals surface area contributed by atoms with Crippen LogP contribution in [0.3, 0.4) is 0 Å². The summed E-state index contributed by atoms with van der Waals surface area (Å²) in [5, 5.41) is 9.07. The van der Waals surface area contributed by atoms with Gasteiger partial charge in [0.05, 0.1) is 17.0 Å². The number of amides is 1. The van der Waals surface area contributed by atoms with Crippen molar-refractivity contribution in [3.8, 4) is 0 Å². The lowest BCUT2D eigenvalue weighted by molar-refractivity contribution is -0.144. The molecule has 0 radical (unpaired) electrons. The van der Waals surface area contributed by atoms with Gasteiger partial charge < -0.3 is 15.7 Å². The van der Waals surface area contributed by atoms with Crippen molar-refractivity contribution >= 4 is 23.1 Å². The van der Waals surface area contributed by atoms with Gasteiger partial charge in [-0.05, 0) is 25.2 Å². The number of nitrogens with zero attached hydrogens (tertiary/aromatic N) is 1. The molecule has 0 saturated heterocycles. The fraction of sp³-hybridized carbons (Fsp3) is 0.846. The number of hydrogen-bond acceptors (Lipinski definition) is 3. The summed E-state index contributed by atoms with van der Waals surface area (Å²) in [6.45, 7) is 5.22. The molecule has 1 rings (SSSR count). The standard InChI is InChI=1S/C13H24N2O2S/c1-3-4-5-15(6-7-16)12(17)13(11(14)18)8-10(2)9-13/h10,16H,3-9H2,1-2H3,(H2,14,18). The highest BCUT2D eigenvalue weighted by atomic mass is 32.1. The summed E-state index contributed by atoms with van der Waals surface area (Å²) in [4.78, 5) is 14.6. The van der Waals surface area contributed by atoms with Crippen LogP contribution in [0.4, 0.5) is 0 Å². The summed E-state index contributed by atoms with van der Waals surface area (Å²) >= 11 is 5.09. The largest absolute Gasteiger partial charge is 0.395 e. The molecule has 0 bridgehead atoms. The lowest BCUT2D eigenvalue weighted by Gasteiger charge is -2.46. The summed E-state index contributed by atoms with van der Waals surface area (Å²) in [6.07, 6.45) is 3.45. The molecule has 5 heteroatoms. The Hall–Kier alpha value is -0.680.